The number of rotatable bonds is 5. The van der Waals surface area contributed by atoms with Gasteiger partial charge in [0.1, 0.15) is 5.69 Å². The van der Waals surface area contributed by atoms with Crippen molar-refractivity contribution in [3.8, 4) is 0 Å². The van der Waals surface area contributed by atoms with E-state index in [2.05, 4.69) is 33.1 Å². The summed E-state index contributed by atoms with van der Waals surface area (Å²) < 4.78 is 0. The highest BCUT2D eigenvalue weighted by Gasteiger charge is 2.24. The Labute approximate surface area is 172 Å². The maximum absolute atomic E-state index is 13.3. The predicted molar refractivity (Wildman–Crippen MR) is 115 cm³/mol. The molecular formula is C24H26N4O. The first-order chi connectivity index (χ1) is 14.1. The van der Waals surface area contributed by atoms with Crippen molar-refractivity contribution >= 4 is 17.5 Å². The van der Waals surface area contributed by atoms with E-state index in [0.29, 0.717) is 18.2 Å². The molecule has 148 valence electrons. The Hall–Kier alpha value is -3.21. The summed E-state index contributed by atoms with van der Waals surface area (Å²) in [5.74, 6) is 0.518. The fraction of sp³-hybridized carbons (Fsp3) is 0.292. The van der Waals surface area contributed by atoms with Crippen molar-refractivity contribution in [3.05, 3.63) is 83.7 Å². The lowest BCUT2D eigenvalue weighted by Gasteiger charge is -2.30. The van der Waals surface area contributed by atoms with Crippen molar-refractivity contribution < 1.29 is 4.79 Å². The number of carbonyl (C=O) groups excluding carboxylic acids is 1. The van der Waals surface area contributed by atoms with Gasteiger partial charge in [-0.15, -0.1) is 0 Å². The van der Waals surface area contributed by atoms with Gasteiger partial charge in [0.2, 0.25) is 5.95 Å². The minimum absolute atomic E-state index is 0.0665. The third-order valence-corrected chi connectivity index (χ3v) is 5.29. The van der Waals surface area contributed by atoms with Crippen LogP contribution in [0.2, 0.25) is 0 Å². The van der Waals surface area contributed by atoms with Crippen LogP contribution in [0.5, 0.6) is 0 Å². The van der Waals surface area contributed by atoms with E-state index in [9.17, 15) is 4.79 Å². The first kappa shape index (κ1) is 19.1. The molecule has 1 aliphatic rings. The monoisotopic (exact) mass is 386 g/mol. The van der Waals surface area contributed by atoms with E-state index in [0.717, 1.165) is 30.6 Å². The second kappa shape index (κ2) is 8.43. The topological polar surface area (TPSA) is 49.3 Å². The summed E-state index contributed by atoms with van der Waals surface area (Å²) in [7, 11) is 0. The maximum Gasteiger partial charge on any atom is 0.273 e. The van der Waals surface area contributed by atoms with Crippen molar-refractivity contribution in [3.63, 3.8) is 0 Å². The molecule has 2 aromatic carbocycles. The van der Waals surface area contributed by atoms with Gasteiger partial charge >= 0.3 is 0 Å². The fourth-order valence-corrected chi connectivity index (χ4v) is 3.76. The molecule has 0 radical (unpaired) electrons. The van der Waals surface area contributed by atoms with Crippen molar-refractivity contribution in [1.29, 1.82) is 0 Å². The highest BCUT2D eigenvalue weighted by Crippen LogP contribution is 2.31. The van der Waals surface area contributed by atoms with Crippen molar-refractivity contribution in [1.82, 2.24) is 14.9 Å². The number of nitrogens with zero attached hydrogens (tertiary/aromatic N) is 4. The van der Waals surface area contributed by atoms with E-state index < -0.39 is 0 Å². The molecule has 3 aromatic rings. The zero-order chi connectivity index (χ0) is 20.2. The van der Waals surface area contributed by atoms with E-state index >= 15 is 0 Å². The first-order valence-corrected chi connectivity index (χ1v) is 10.2. The number of amides is 1. The molecule has 1 amide bonds. The molecule has 0 N–H and O–H groups in total. The van der Waals surface area contributed by atoms with Crippen LogP contribution < -0.4 is 4.90 Å². The molecule has 0 saturated heterocycles. The number of aryl methyl sites for hydroxylation is 1. The smallest absolute Gasteiger partial charge is 0.273 e. The Morgan fingerprint density at radius 1 is 1.07 bits per heavy atom. The Morgan fingerprint density at radius 2 is 1.83 bits per heavy atom. The van der Waals surface area contributed by atoms with Crippen LogP contribution >= 0.6 is 0 Å². The molecule has 0 atom stereocenters. The summed E-state index contributed by atoms with van der Waals surface area (Å²) in [6.45, 7) is 5.48. The lowest BCUT2D eigenvalue weighted by atomic mass is 10.0. The molecule has 0 spiro atoms. The van der Waals surface area contributed by atoms with Crippen LogP contribution in [0.15, 0.2) is 66.9 Å². The Morgan fingerprint density at radius 3 is 2.62 bits per heavy atom. The second-order valence-electron chi connectivity index (χ2n) is 7.64. The number of anilines is 2. The average Bonchev–Trinajstić information content (AvgIpc) is 2.77. The van der Waals surface area contributed by atoms with E-state index in [4.69, 9.17) is 0 Å². The molecule has 5 heteroatoms. The van der Waals surface area contributed by atoms with Crippen LogP contribution in [0, 0.1) is 0 Å². The molecule has 0 saturated carbocycles. The molecule has 0 aliphatic carbocycles. The van der Waals surface area contributed by atoms with Crippen LogP contribution in [-0.2, 0) is 13.0 Å². The van der Waals surface area contributed by atoms with Gasteiger partial charge < -0.3 is 9.80 Å². The first-order valence-electron chi connectivity index (χ1n) is 10.2. The van der Waals surface area contributed by atoms with Gasteiger partial charge in [-0.3, -0.25) is 4.79 Å². The Bertz CT molecular complexity index is 987. The van der Waals surface area contributed by atoms with E-state index in [-0.39, 0.29) is 11.9 Å². The van der Waals surface area contributed by atoms with Crippen molar-refractivity contribution in [2.24, 2.45) is 0 Å². The van der Waals surface area contributed by atoms with Gasteiger partial charge in [-0.1, -0.05) is 48.5 Å². The highest BCUT2D eigenvalue weighted by atomic mass is 16.2. The van der Waals surface area contributed by atoms with Gasteiger partial charge in [0.15, 0.2) is 0 Å². The van der Waals surface area contributed by atoms with E-state index in [1.165, 1.54) is 5.56 Å². The van der Waals surface area contributed by atoms with Gasteiger partial charge in [0, 0.05) is 31.0 Å². The Balaban J connectivity index is 1.62. The summed E-state index contributed by atoms with van der Waals surface area (Å²) in [5.41, 5.74) is 3.97. The quantitative estimate of drug-likeness (QED) is 0.642. The largest absolute Gasteiger partial charge is 0.331 e. The number of fused-ring (bicyclic) bond motifs is 1. The maximum atomic E-state index is 13.3. The van der Waals surface area contributed by atoms with Crippen molar-refractivity contribution in [2.45, 2.75) is 39.3 Å². The molecule has 0 fully saturated rings. The van der Waals surface area contributed by atoms with Crippen LogP contribution in [0.4, 0.5) is 11.6 Å². The molecular weight excluding hydrogens is 360 g/mol. The molecule has 0 unspecified atom stereocenters. The van der Waals surface area contributed by atoms with Gasteiger partial charge in [-0.25, -0.2) is 9.97 Å². The second-order valence-corrected chi connectivity index (χ2v) is 7.64. The molecule has 5 nitrogen and oxygen atoms in total. The van der Waals surface area contributed by atoms with Gasteiger partial charge in [-0.2, -0.15) is 0 Å². The van der Waals surface area contributed by atoms with Gasteiger partial charge in [0.05, 0.1) is 0 Å². The molecule has 1 aliphatic heterocycles. The van der Waals surface area contributed by atoms with Crippen LogP contribution in [0.3, 0.4) is 0 Å². The van der Waals surface area contributed by atoms with Gasteiger partial charge in [-0.05, 0) is 49.9 Å². The van der Waals surface area contributed by atoms with Crippen LogP contribution in [0.25, 0.3) is 0 Å². The minimum atomic E-state index is -0.0715. The lowest BCUT2D eigenvalue weighted by Crippen LogP contribution is -2.37. The number of hydrogen-bond donors (Lipinski definition) is 0. The molecule has 0 bridgehead atoms. The Kier molecular flexibility index (Phi) is 5.56. The summed E-state index contributed by atoms with van der Waals surface area (Å²) in [5, 5.41) is 0. The number of carbonyl (C=O) groups is 1. The molecule has 2 heterocycles. The average molecular weight is 386 g/mol. The fourth-order valence-electron chi connectivity index (χ4n) is 3.76. The number of para-hydroxylation sites is 1. The highest BCUT2D eigenvalue weighted by molar-refractivity contribution is 5.92. The molecule has 1 aromatic heterocycles. The van der Waals surface area contributed by atoms with Crippen LogP contribution in [0.1, 0.15) is 41.9 Å². The predicted octanol–water partition coefficient (Wildman–Crippen LogP) is 4.61. The number of hydrogen-bond acceptors (Lipinski definition) is 4. The SMILES string of the molecule is CC(C)N(Cc1ccccc1)C(=O)c1ccnc(N2CCCc3ccccc32)n1. The zero-order valence-corrected chi connectivity index (χ0v) is 17.0. The summed E-state index contributed by atoms with van der Waals surface area (Å²) in [6, 6.07) is 20.2. The zero-order valence-electron chi connectivity index (χ0n) is 17.0. The van der Waals surface area contributed by atoms with E-state index in [1.807, 2.05) is 55.1 Å². The lowest BCUT2D eigenvalue weighted by molar-refractivity contribution is 0.0684. The molecule has 29 heavy (non-hydrogen) atoms. The van der Waals surface area contributed by atoms with Crippen molar-refractivity contribution in [2.75, 3.05) is 11.4 Å². The standard InChI is InChI=1S/C24H26N4O/c1-18(2)28(17-19-9-4-3-5-10-19)23(29)21-14-15-25-24(26-21)27-16-8-12-20-11-6-7-13-22(20)27/h3-7,9-11,13-15,18H,8,12,16-17H2,1-2H3. The van der Waals surface area contributed by atoms with Crippen LogP contribution in [-0.4, -0.2) is 33.4 Å². The number of benzene rings is 2. The summed E-state index contributed by atoms with van der Waals surface area (Å²) in [4.78, 5) is 26.4. The summed E-state index contributed by atoms with van der Waals surface area (Å²) >= 11 is 0. The molecule has 4 rings (SSSR count). The third-order valence-electron chi connectivity index (χ3n) is 5.29. The third kappa shape index (κ3) is 4.14. The van der Waals surface area contributed by atoms with E-state index in [1.54, 1.807) is 12.3 Å². The normalized spacial score (nSPS) is 13.3. The minimum Gasteiger partial charge on any atom is -0.331 e. The summed E-state index contributed by atoms with van der Waals surface area (Å²) in [6.07, 6.45) is 3.79. The number of aromatic nitrogens is 2. The van der Waals surface area contributed by atoms with Gasteiger partial charge in [0.25, 0.3) is 5.91 Å².